The van der Waals surface area contributed by atoms with Crippen molar-refractivity contribution in [3.05, 3.63) is 23.8 Å². The van der Waals surface area contributed by atoms with Gasteiger partial charge in [-0.1, -0.05) is 26.0 Å². The van der Waals surface area contributed by atoms with Crippen molar-refractivity contribution < 1.29 is 14.3 Å². The highest BCUT2D eigenvalue weighted by Crippen LogP contribution is 2.59. The maximum atomic E-state index is 11.9. The number of esters is 1. The van der Waals surface area contributed by atoms with Crippen LogP contribution in [-0.2, 0) is 14.3 Å². The van der Waals surface area contributed by atoms with E-state index in [1.807, 2.05) is 13.0 Å². The first kappa shape index (κ1) is 17.1. The highest BCUT2D eigenvalue weighted by molar-refractivity contribution is 5.91. The maximum absolute atomic E-state index is 11.9. The summed E-state index contributed by atoms with van der Waals surface area (Å²) in [6, 6.07) is 0. The van der Waals surface area contributed by atoms with E-state index in [9.17, 15) is 9.59 Å². The first-order chi connectivity index (χ1) is 12.0. The molecule has 4 aliphatic carbocycles. The van der Waals surface area contributed by atoms with Crippen molar-refractivity contribution in [1.29, 1.82) is 0 Å². The Morgan fingerprint density at radius 3 is 2.92 bits per heavy atom. The number of rotatable bonds is 2. The van der Waals surface area contributed by atoms with Gasteiger partial charge in [-0.3, -0.25) is 9.59 Å². The molecule has 4 rings (SSSR count). The van der Waals surface area contributed by atoms with Gasteiger partial charge in [-0.05, 0) is 73.8 Å². The molecule has 3 heteroatoms. The zero-order chi connectivity index (χ0) is 17.6. The molecule has 0 bridgehead atoms. The van der Waals surface area contributed by atoms with Crippen LogP contribution in [-0.4, -0.2) is 17.9 Å². The summed E-state index contributed by atoms with van der Waals surface area (Å²) in [4.78, 5) is 23.7. The van der Waals surface area contributed by atoms with Crippen LogP contribution >= 0.6 is 0 Å². The molecule has 6 atom stereocenters. The van der Waals surface area contributed by atoms with Crippen molar-refractivity contribution in [3.8, 4) is 0 Å². The third kappa shape index (κ3) is 2.80. The molecule has 25 heavy (non-hydrogen) atoms. The fraction of sp³-hybridized carbons (Fsp3) is 0.727. The van der Waals surface area contributed by atoms with Crippen LogP contribution in [0.4, 0.5) is 0 Å². The van der Waals surface area contributed by atoms with Crippen molar-refractivity contribution in [1.82, 2.24) is 0 Å². The Kier molecular flexibility index (Phi) is 4.37. The first-order valence-electron chi connectivity index (χ1n) is 10.1. The Morgan fingerprint density at radius 1 is 1.28 bits per heavy atom. The summed E-state index contributed by atoms with van der Waals surface area (Å²) in [6.45, 7) is 4.24. The van der Waals surface area contributed by atoms with Gasteiger partial charge in [0.05, 0.1) is 0 Å². The lowest BCUT2D eigenvalue weighted by Crippen LogP contribution is -2.53. The monoisotopic (exact) mass is 342 g/mol. The van der Waals surface area contributed by atoms with Gasteiger partial charge in [0.2, 0.25) is 0 Å². The minimum absolute atomic E-state index is 0.0517. The molecular formula is C22H30O3. The molecule has 6 unspecified atom stereocenters. The average molecular weight is 342 g/mol. The number of fused-ring (bicyclic) bond motifs is 5. The molecule has 0 N–H and O–H groups in total. The number of ether oxygens (including phenoxy) is 1. The molecule has 2 fully saturated rings. The summed E-state index contributed by atoms with van der Waals surface area (Å²) in [5.74, 6) is 2.66. The van der Waals surface area contributed by atoms with E-state index in [-0.39, 0.29) is 17.5 Å². The van der Waals surface area contributed by atoms with E-state index in [0.717, 1.165) is 25.7 Å². The third-order valence-corrected chi connectivity index (χ3v) is 7.59. The lowest BCUT2D eigenvalue weighted by molar-refractivity contribution is -0.170. The standard InChI is InChI=1S/C22H30O3/c1-3-21(24)25-20-6-4-5-19-18-9-7-14-13-15(23)8-10-16(14)17(18)11-12-22(19,20)2/h7,9,13,16-20H,3-6,8,10-12H2,1-2H3. The molecule has 3 nitrogen and oxygen atoms in total. The van der Waals surface area contributed by atoms with Gasteiger partial charge >= 0.3 is 5.97 Å². The van der Waals surface area contributed by atoms with Crippen LogP contribution in [0.2, 0.25) is 0 Å². The van der Waals surface area contributed by atoms with E-state index in [4.69, 9.17) is 4.74 Å². The number of carbonyl (C=O) groups is 2. The highest BCUT2D eigenvalue weighted by Gasteiger charge is 2.54. The normalized spacial score (nSPS) is 42.7. The first-order valence-corrected chi connectivity index (χ1v) is 10.1. The Labute approximate surface area is 150 Å². The SMILES string of the molecule is CCC(=O)OC1CCCC2C3C=CC4=CC(=O)CCC4C3CCC12C. The molecule has 0 aromatic heterocycles. The minimum Gasteiger partial charge on any atom is -0.462 e. The lowest BCUT2D eigenvalue weighted by atomic mass is 9.49. The van der Waals surface area contributed by atoms with E-state index < -0.39 is 0 Å². The fourth-order valence-corrected chi connectivity index (χ4v) is 6.23. The van der Waals surface area contributed by atoms with Crippen molar-refractivity contribution >= 4 is 11.8 Å². The summed E-state index contributed by atoms with van der Waals surface area (Å²) in [7, 11) is 0. The lowest BCUT2D eigenvalue weighted by Gasteiger charge is -2.57. The zero-order valence-corrected chi connectivity index (χ0v) is 15.5. The summed E-state index contributed by atoms with van der Waals surface area (Å²) in [5, 5.41) is 0. The minimum atomic E-state index is -0.0517. The van der Waals surface area contributed by atoms with Gasteiger partial charge in [-0.25, -0.2) is 0 Å². The second-order valence-electron chi connectivity index (χ2n) is 8.77. The molecule has 0 amide bonds. The number of hydrogen-bond donors (Lipinski definition) is 0. The van der Waals surface area contributed by atoms with E-state index in [0.29, 0.717) is 42.3 Å². The van der Waals surface area contributed by atoms with Gasteiger partial charge in [-0.2, -0.15) is 0 Å². The van der Waals surface area contributed by atoms with E-state index in [2.05, 4.69) is 19.1 Å². The zero-order valence-electron chi connectivity index (χ0n) is 15.5. The van der Waals surface area contributed by atoms with E-state index in [1.165, 1.54) is 18.4 Å². The van der Waals surface area contributed by atoms with Gasteiger partial charge < -0.3 is 4.74 Å². The van der Waals surface area contributed by atoms with Crippen LogP contribution in [0.1, 0.15) is 65.2 Å². The van der Waals surface area contributed by atoms with Crippen LogP contribution in [0.3, 0.4) is 0 Å². The number of carbonyl (C=O) groups excluding carboxylic acids is 2. The average Bonchev–Trinajstić information content (AvgIpc) is 2.61. The van der Waals surface area contributed by atoms with Crippen LogP contribution in [0.15, 0.2) is 23.8 Å². The van der Waals surface area contributed by atoms with Crippen molar-refractivity contribution in [2.45, 2.75) is 71.3 Å². The molecule has 0 aromatic rings. The summed E-state index contributed by atoms with van der Waals surface area (Å²) >= 11 is 0. The summed E-state index contributed by atoms with van der Waals surface area (Å²) in [6.07, 6.45) is 14.5. The molecule has 0 heterocycles. The van der Waals surface area contributed by atoms with Crippen molar-refractivity contribution in [2.24, 2.45) is 29.1 Å². The maximum Gasteiger partial charge on any atom is 0.305 e. The van der Waals surface area contributed by atoms with Gasteiger partial charge in [0.25, 0.3) is 0 Å². The van der Waals surface area contributed by atoms with Gasteiger partial charge in [0.15, 0.2) is 5.78 Å². The molecular weight excluding hydrogens is 312 g/mol. The topological polar surface area (TPSA) is 43.4 Å². The van der Waals surface area contributed by atoms with Crippen LogP contribution in [0.25, 0.3) is 0 Å². The third-order valence-electron chi connectivity index (χ3n) is 7.59. The van der Waals surface area contributed by atoms with Crippen molar-refractivity contribution in [2.75, 3.05) is 0 Å². The number of ketones is 1. The molecule has 4 aliphatic rings. The van der Waals surface area contributed by atoms with Gasteiger partial charge in [-0.15, -0.1) is 0 Å². The fourth-order valence-electron chi connectivity index (χ4n) is 6.23. The largest absolute Gasteiger partial charge is 0.462 e. The molecule has 136 valence electrons. The Balaban J connectivity index is 1.61. The van der Waals surface area contributed by atoms with Gasteiger partial charge in [0, 0.05) is 18.3 Å². The smallest absolute Gasteiger partial charge is 0.305 e. The Morgan fingerprint density at radius 2 is 2.12 bits per heavy atom. The predicted molar refractivity (Wildman–Crippen MR) is 96.8 cm³/mol. The summed E-state index contributed by atoms with van der Waals surface area (Å²) < 4.78 is 5.89. The number of hydrogen-bond acceptors (Lipinski definition) is 3. The molecule has 0 aromatic carbocycles. The predicted octanol–water partition coefficient (Wildman–Crippen LogP) is 4.62. The quantitative estimate of drug-likeness (QED) is 0.688. The number of allylic oxidation sites excluding steroid dienone is 4. The van der Waals surface area contributed by atoms with Crippen LogP contribution < -0.4 is 0 Å². The Bertz CT molecular complexity index is 631. The molecule has 2 saturated carbocycles. The summed E-state index contributed by atoms with van der Waals surface area (Å²) in [5.41, 5.74) is 1.38. The molecule has 0 saturated heterocycles. The molecule has 0 radical (unpaired) electrons. The Hall–Kier alpha value is -1.38. The van der Waals surface area contributed by atoms with E-state index in [1.54, 1.807) is 0 Å². The van der Waals surface area contributed by atoms with Gasteiger partial charge in [0.1, 0.15) is 6.10 Å². The van der Waals surface area contributed by atoms with E-state index >= 15 is 0 Å². The molecule has 0 aliphatic heterocycles. The van der Waals surface area contributed by atoms with Crippen LogP contribution in [0, 0.1) is 29.1 Å². The highest BCUT2D eigenvalue weighted by atomic mass is 16.5. The second kappa shape index (κ2) is 6.41. The second-order valence-corrected chi connectivity index (χ2v) is 8.77. The van der Waals surface area contributed by atoms with Crippen molar-refractivity contribution in [3.63, 3.8) is 0 Å². The molecule has 0 spiro atoms. The van der Waals surface area contributed by atoms with Crippen LogP contribution in [0.5, 0.6) is 0 Å².